The first-order valence-electron chi connectivity index (χ1n) is 7.67. The zero-order valence-electron chi connectivity index (χ0n) is 12.4. The van der Waals surface area contributed by atoms with Crippen molar-refractivity contribution < 1.29 is 0 Å². The quantitative estimate of drug-likeness (QED) is 0.891. The summed E-state index contributed by atoms with van der Waals surface area (Å²) < 4.78 is 0. The average Bonchev–Trinajstić information content (AvgIpc) is 2.85. The van der Waals surface area contributed by atoms with Crippen LogP contribution in [0.1, 0.15) is 49.6 Å². The number of nitrogens with one attached hydrogen (secondary N) is 1. The second kappa shape index (κ2) is 5.55. The Labute approximate surface area is 121 Å². The highest BCUT2D eigenvalue weighted by Gasteiger charge is 2.31. The lowest BCUT2D eigenvalue weighted by Gasteiger charge is -2.42. The summed E-state index contributed by atoms with van der Waals surface area (Å²) in [6.45, 7) is 5.98. The molecule has 1 aromatic rings. The van der Waals surface area contributed by atoms with Crippen molar-refractivity contribution >= 4 is 11.3 Å². The van der Waals surface area contributed by atoms with Gasteiger partial charge in [-0.05, 0) is 62.6 Å². The Morgan fingerprint density at radius 3 is 3.05 bits per heavy atom. The predicted molar refractivity (Wildman–Crippen MR) is 82.8 cm³/mol. The van der Waals surface area contributed by atoms with E-state index in [0.29, 0.717) is 18.1 Å². The second-order valence-electron chi connectivity index (χ2n) is 6.52. The number of rotatable bonds is 2. The number of likely N-dealkylation sites (tertiary alicyclic amines) is 1. The number of fused-ring (bicyclic) bond motifs is 1. The van der Waals surface area contributed by atoms with E-state index in [1.165, 1.54) is 32.2 Å². The lowest BCUT2D eigenvalue weighted by atomic mass is 9.87. The fourth-order valence-corrected chi connectivity index (χ4v) is 4.68. The van der Waals surface area contributed by atoms with Crippen molar-refractivity contribution in [3.8, 4) is 0 Å². The molecule has 106 valence electrons. The van der Waals surface area contributed by atoms with Crippen LogP contribution in [0.4, 0.5) is 0 Å². The van der Waals surface area contributed by atoms with Crippen LogP contribution in [0.3, 0.4) is 0 Å². The highest BCUT2D eigenvalue weighted by atomic mass is 32.1. The summed E-state index contributed by atoms with van der Waals surface area (Å²) >= 11 is 1.94. The summed E-state index contributed by atoms with van der Waals surface area (Å²) in [7, 11) is 2.26. The van der Waals surface area contributed by atoms with E-state index in [9.17, 15) is 0 Å². The molecule has 1 aliphatic carbocycles. The van der Waals surface area contributed by atoms with Gasteiger partial charge in [-0.3, -0.25) is 0 Å². The molecule has 3 heteroatoms. The van der Waals surface area contributed by atoms with Gasteiger partial charge in [-0.15, -0.1) is 11.3 Å². The highest BCUT2D eigenvalue weighted by Crippen LogP contribution is 2.35. The minimum atomic E-state index is 0.609. The van der Waals surface area contributed by atoms with Crippen LogP contribution in [-0.2, 0) is 6.42 Å². The van der Waals surface area contributed by atoms with Crippen molar-refractivity contribution in [2.75, 3.05) is 13.6 Å². The largest absolute Gasteiger partial charge is 0.307 e. The van der Waals surface area contributed by atoms with Gasteiger partial charge in [-0.25, -0.2) is 0 Å². The van der Waals surface area contributed by atoms with Crippen molar-refractivity contribution in [1.82, 2.24) is 10.2 Å². The fraction of sp³-hybridized carbons (Fsp3) is 0.750. The molecule has 19 heavy (non-hydrogen) atoms. The molecule has 1 N–H and O–H groups in total. The number of nitrogens with zero attached hydrogens (tertiary/aromatic N) is 1. The SMILES string of the molecule is CC1CN(C)C(C)CC1NC1CCCc2sccc21. The van der Waals surface area contributed by atoms with Crippen LogP contribution in [0.15, 0.2) is 11.4 Å². The second-order valence-corrected chi connectivity index (χ2v) is 7.52. The van der Waals surface area contributed by atoms with Gasteiger partial charge in [-0.2, -0.15) is 0 Å². The molecule has 1 aliphatic heterocycles. The number of piperidine rings is 1. The Balaban J connectivity index is 1.69. The summed E-state index contributed by atoms with van der Waals surface area (Å²) in [5, 5.41) is 6.25. The van der Waals surface area contributed by atoms with Gasteiger partial charge in [0.2, 0.25) is 0 Å². The number of aryl methyl sites for hydroxylation is 1. The maximum Gasteiger partial charge on any atom is 0.0333 e. The normalized spacial score (nSPS) is 36.2. The molecule has 3 rings (SSSR count). The summed E-state index contributed by atoms with van der Waals surface area (Å²) in [4.78, 5) is 4.12. The fourth-order valence-electron chi connectivity index (χ4n) is 3.69. The first kappa shape index (κ1) is 13.6. The first-order chi connectivity index (χ1) is 9.15. The summed E-state index contributed by atoms with van der Waals surface area (Å²) in [5.74, 6) is 0.755. The van der Waals surface area contributed by atoms with E-state index >= 15 is 0 Å². The molecule has 1 saturated heterocycles. The lowest BCUT2D eigenvalue weighted by molar-refractivity contribution is 0.114. The van der Waals surface area contributed by atoms with Crippen LogP contribution in [0, 0.1) is 5.92 Å². The Bertz CT molecular complexity index is 428. The lowest BCUT2D eigenvalue weighted by Crippen LogP contribution is -2.51. The third-order valence-corrected chi connectivity index (χ3v) is 6.07. The maximum absolute atomic E-state index is 3.98. The molecule has 4 unspecified atom stereocenters. The zero-order valence-corrected chi connectivity index (χ0v) is 13.2. The van der Waals surface area contributed by atoms with Crippen molar-refractivity contribution in [1.29, 1.82) is 0 Å². The van der Waals surface area contributed by atoms with Crippen LogP contribution in [0.5, 0.6) is 0 Å². The van der Waals surface area contributed by atoms with Crippen molar-refractivity contribution in [2.24, 2.45) is 5.92 Å². The molecule has 1 aromatic heterocycles. The molecule has 2 heterocycles. The first-order valence-corrected chi connectivity index (χ1v) is 8.55. The highest BCUT2D eigenvalue weighted by molar-refractivity contribution is 7.10. The van der Waals surface area contributed by atoms with Gasteiger partial charge >= 0.3 is 0 Å². The molecule has 1 fully saturated rings. The summed E-state index contributed by atoms with van der Waals surface area (Å²) in [5.41, 5.74) is 1.59. The van der Waals surface area contributed by atoms with E-state index in [0.717, 1.165) is 5.92 Å². The third kappa shape index (κ3) is 2.74. The van der Waals surface area contributed by atoms with E-state index < -0.39 is 0 Å². The molecule has 0 amide bonds. The van der Waals surface area contributed by atoms with E-state index in [1.54, 1.807) is 10.4 Å². The van der Waals surface area contributed by atoms with Gasteiger partial charge in [0.25, 0.3) is 0 Å². The Morgan fingerprint density at radius 2 is 2.21 bits per heavy atom. The standard InChI is InChI=1S/C16H26N2S/c1-11-10-18(3)12(2)9-15(11)17-14-5-4-6-16-13(14)7-8-19-16/h7-8,11-12,14-15,17H,4-6,9-10H2,1-3H3. The molecule has 0 saturated carbocycles. The monoisotopic (exact) mass is 278 g/mol. The van der Waals surface area contributed by atoms with Crippen molar-refractivity contribution in [3.05, 3.63) is 21.9 Å². The molecular formula is C16H26N2S. The van der Waals surface area contributed by atoms with E-state index in [1.807, 2.05) is 11.3 Å². The van der Waals surface area contributed by atoms with Crippen molar-refractivity contribution in [3.63, 3.8) is 0 Å². The van der Waals surface area contributed by atoms with Crippen LogP contribution >= 0.6 is 11.3 Å². The maximum atomic E-state index is 3.98. The number of hydrogen-bond acceptors (Lipinski definition) is 3. The van der Waals surface area contributed by atoms with E-state index in [2.05, 4.69) is 42.6 Å². The minimum Gasteiger partial charge on any atom is -0.307 e. The molecule has 0 aromatic carbocycles. The molecule has 0 radical (unpaired) electrons. The van der Waals surface area contributed by atoms with Gasteiger partial charge in [0.15, 0.2) is 0 Å². The van der Waals surface area contributed by atoms with Crippen molar-refractivity contribution in [2.45, 2.75) is 57.7 Å². The molecule has 0 spiro atoms. The number of thiophene rings is 1. The van der Waals surface area contributed by atoms with Gasteiger partial charge in [0, 0.05) is 29.5 Å². The van der Waals surface area contributed by atoms with Crippen LogP contribution < -0.4 is 5.32 Å². The van der Waals surface area contributed by atoms with Gasteiger partial charge in [0.05, 0.1) is 0 Å². The Kier molecular flexibility index (Phi) is 3.97. The van der Waals surface area contributed by atoms with Gasteiger partial charge < -0.3 is 10.2 Å². The van der Waals surface area contributed by atoms with E-state index in [4.69, 9.17) is 0 Å². The van der Waals surface area contributed by atoms with Gasteiger partial charge in [0.1, 0.15) is 0 Å². The molecule has 2 aliphatic rings. The average molecular weight is 278 g/mol. The van der Waals surface area contributed by atoms with Crippen LogP contribution in [0.2, 0.25) is 0 Å². The van der Waals surface area contributed by atoms with Crippen LogP contribution in [0.25, 0.3) is 0 Å². The molecule has 0 bridgehead atoms. The Morgan fingerprint density at radius 1 is 1.37 bits per heavy atom. The van der Waals surface area contributed by atoms with E-state index in [-0.39, 0.29) is 0 Å². The summed E-state index contributed by atoms with van der Waals surface area (Å²) in [6.07, 6.45) is 5.25. The summed E-state index contributed by atoms with van der Waals surface area (Å²) in [6, 6.07) is 4.35. The van der Waals surface area contributed by atoms with Gasteiger partial charge in [-0.1, -0.05) is 6.92 Å². The molecular weight excluding hydrogens is 252 g/mol. The number of hydrogen-bond donors (Lipinski definition) is 1. The minimum absolute atomic E-state index is 0.609. The third-order valence-electron chi connectivity index (χ3n) is 5.08. The molecule has 4 atom stereocenters. The molecule has 2 nitrogen and oxygen atoms in total. The van der Waals surface area contributed by atoms with Crippen LogP contribution in [-0.4, -0.2) is 30.6 Å². The Hall–Kier alpha value is -0.380. The topological polar surface area (TPSA) is 15.3 Å². The smallest absolute Gasteiger partial charge is 0.0333 e. The predicted octanol–water partition coefficient (Wildman–Crippen LogP) is 3.44. The zero-order chi connectivity index (χ0) is 13.4.